The van der Waals surface area contributed by atoms with Gasteiger partial charge in [-0.25, -0.2) is 0 Å². The molecule has 0 aromatic heterocycles. The molecule has 0 unspecified atom stereocenters. The summed E-state index contributed by atoms with van der Waals surface area (Å²) in [5.41, 5.74) is 3.30. The lowest BCUT2D eigenvalue weighted by Gasteiger charge is -2.15. The quantitative estimate of drug-likeness (QED) is 0.344. The van der Waals surface area contributed by atoms with Crippen LogP contribution >= 0.6 is 0 Å². The lowest BCUT2D eigenvalue weighted by Crippen LogP contribution is -2.06. The minimum Gasteiger partial charge on any atom is -0.493 e. The molecule has 0 aliphatic heterocycles. The Morgan fingerprint density at radius 2 is 1.41 bits per heavy atom. The Labute approximate surface area is 174 Å². The zero-order valence-electron chi connectivity index (χ0n) is 17.3. The number of para-hydroxylation sites is 3. The average Bonchev–Trinajstić information content (AvgIpc) is 2.78. The van der Waals surface area contributed by atoms with Crippen molar-refractivity contribution in [2.45, 2.75) is 45.8 Å². The van der Waals surface area contributed by atoms with E-state index in [1.165, 1.54) is 19.3 Å². The summed E-state index contributed by atoms with van der Waals surface area (Å²) in [6, 6.07) is 26.5. The van der Waals surface area contributed by atoms with Gasteiger partial charge < -0.3 is 14.8 Å². The summed E-state index contributed by atoms with van der Waals surface area (Å²) in [4.78, 5) is 0. The Hall–Kier alpha value is -2.94. The standard InChI is InChI=1S/C26H31NO2/c1-2-3-4-12-19-28-25-17-10-8-15-23(25)20-27-24-16-9-11-18-26(24)29-21-22-13-6-5-7-14-22/h5-11,13-18,27H,2-4,12,19-21H2,1H3. The first-order valence-electron chi connectivity index (χ1n) is 10.6. The van der Waals surface area contributed by atoms with Gasteiger partial charge in [0.05, 0.1) is 12.3 Å². The Balaban J connectivity index is 1.57. The highest BCUT2D eigenvalue weighted by molar-refractivity contribution is 5.56. The van der Waals surface area contributed by atoms with Crippen molar-refractivity contribution in [3.63, 3.8) is 0 Å². The van der Waals surface area contributed by atoms with Crippen molar-refractivity contribution in [3.8, 4) is 11.5 Å². The van der Waals surface area contributed by atoms with E-state index in [1.54, 1.807) is 0 Å². The van der Waals surface area contributed by atoms with Crippen molar-refractivity contribution in [3.05, 3.63) is 90.0 Å². The molecule has 0 saturated carbocycles. The number of unbranched alkanes of at least 4 members (excludes halogenated alkanes) is 3. The van der Waals surface area contributed by atoms with E-state index >= 15 is 0 Å². The fourth-order valence-corrected chi connectivity index (χ4v) is 3.17. The SMILES string of the molecule is CCCCCCOc1ccccc1CNc1ccccc1OCc1ccccc1. The van der Waals surface area contributed by atoms with Gasteiger partial charge in [-0.15, -0.1) is 0 Å². The molecule has 1 N–H and O–H groups in total. The number of hydrogen-bond acceptors (Lipinski definition) is 3. The van der Waals surface area contributed by atoms with E-state index < -0.39 is 0 Å². The van der Waals surface area contributed by atoms with Crippen LogP contribution in [0.2, 0.25) is 0 Å². The Bertz CT molecular complexity index is 848. The number of rotatable bonds is 12. The summed E-state index contributed by atoms with van der Waals surface area (Å²) in [6.07, 6.45) is 4.84. The smallest absolute Gasteiger partial charge is 0.142 e. The molecule has 152 valence electrons. The first-order valence-corrected chi connectivity index (χ1v) is 10.6. The van der Waals surface area contributed by atoms with Crippen LogP contribution in [0.15, 0.2) is 78.9 Å². The molecule has 3 aromatic rings. The van der Waals surface area contributed by atoms with Crippen LogP contribution in [-0.4, -0.2) is 6.61 Å². The second-order valence-electron chi connectivity index (χ2n) is 7.14. The van der Waals surface area contributed by atoms with Gasteiger partial charge in [-0.3, -0.25) is 0 Å². The lowest BCUT2D eigenvalue weighted by atomic mass is 10.2. The molecule has 3 heteroatoms. The van der Waals surface area contributed by atoms with Crippen LogP contribution in [0.5, 0.6) is 11.5 Å². The highest BCUT2D eigenvalue weighted by Gasteiger charge is 2.07. The zero-order chi connectivity index (χ0) is 20.2. The van der Waals surface area contributed by atoms with Crippen LogP contribution in [0.25, 0.3) is 0 Å². The van der Waals surface area contributed by atoms with Crippen LogP contribution in [0.1, 0.15) is 43.7 Å². The van der Waals surface area contributed by atoms with Crippen LogP contribution in [-0.2, 0) is 13.2 Å². The minimum atomic E-state index is 0.553. The third kappa shape index (κ3) is 6.86. The van der Waals surface area contributed by atoms with E-state index in [0.29, 0.717) is 13.2 Å². The first kappa shape index (κ1) is 20.8. The van der Waals surface area contributed by atoms with Crippen molar-refractivity contribution in [1.29, 1.82) is 0 Å². The lowest BCUT2D eigenvalue weighted by molar-refractivity contribution is 0.302. The minimum absolute atomic E-state index is 0.553. The summed E-state index contributed by atoms with van der Waals surface area (Å²) in [6.45, 7) is 4.24. The fraction of sp³-hybridized carbons (Fsp3) is 0.308. The number of anilines is 1. The molecule has 0 fully saturated rings. The van der Waals surface area contributed by atoms with Crippen molar-refractivity contribution in [2.24, 2.45) is 0 Å². The molecule has 0 atom stereocenters. The van der Waals surface area contributed by atoms with Gasteiger partial charge in [-0.1, -0.05) is 86.8 Å². The summed E-state index contributed by atoms with van der Waals surface area (Å²) in [7, 11) is 0. The molecule has 3 aromatic carbocycles. The molecular formula is C26H31NO2. The van der Waals surface area contributed by atoms with Gasteiger partial charge in [0.1, 0.15) is 18.1 Å². The number of benzene rings is 3. The largest absolute Gasteiger partial charge is 0.493 e. The molecule has 0 bridgehead atoms. The molecule has 0 spiro atoms. The maximum atomic E-state index is 6.05. The summed E-state index contributed by atoms with van der Waals surface area (Å²) < 4.78 is 12.1. The first-order chi connectivity index (χ1) is 14.4. The average molecular weight is 390 g/mol. The number of ether oxygens (including phenoxy) is 2. The van der Waals surface area contributed by atoms with Crippen LogP contribution < -0.4 is 14.8 Å². The maximum Gasteiger partial charge on any atom is 0.142 e. The van der Waals surface area contributed by atoms with Crippen LogP contribution in [0.4, 0.5) is 5.69 Å². The predicted octanol–water partition coefficient (Wildman–Crippen LogP) is 6.84. The molecule has 0 amide bonds. The summed E-state index contributed by atoms with van der Waals surface area (Å²) in [5.74, 6) is 1.81. The van der Waals surface area contributed by atoms with E-state index in [-0.39, 0.29) is 0 Å². The van der Waals surface area contributed by atoms with Gasteiger partial charge in [0.25, 0.3) is 0 Å². The van der Waals surface area contributed by atoms with Gasteiger partial charge >= 0.3 is 0 Å². The second-order valence-corrected chi connectivity index (χ2v) is 7.14. The van der Waals surface area contributed by atoms with E-state index in [1.807, 2.05) is 42.5 Å². The normalized spacial score (nSPS) is 10.5. The van der Waals surface area contributed by atoms with E-state index in [9.17, 15) is 0 Å². The Morgan fingerprint density at radius 1 is 0.690 bits per heavy atom. The van der Waals surface area contributed by atoms with Gasteiger partial charge in [0.15, 0.2) is 0 Å². The second kappa shape index (κ2) is 11.8. The molecule has 0 aliphatic carbocycles. The summed E-state index contributed by atoms with van der Waals surface area (Å²) >= 11 is 0. The van der Waals surface area contributed by atoms with Gasteiger partial charge in [-0.05, 0) is 30.2 Å². The predicted molar refractivity (Wildman–Crippen MR) is 121 cm³/mol. The topological polar surface area (TPSA) is 30.5 Å². The molecule has 0 radical (unpaired) electrons. The Morgan fingerprint density at radius 3 is 2.24 bits per heavy atom. The molecule has 29 heavy (non-hydrogen) atoms. The molecular weight excluding hydrogens is 358 g/mol. The molecule has 0 saturated heterocycles. The van der Waals surface area contributed by atoms with E-state index in [0.717, 1.165) is 41.3 Å². The highest BCUT2D eigenvalue weighted by atomic mass is 16.5. The van der Waals surface area contributed by atoms with Crippen molar-refractivity contribution in [2.75, 3.05) is 11.9 Å². The van der Waals surface area contributed by atoms with Crippen molar-refractivity contribution >= 4 is 5.69 Å². The van der Waals surface area contributed by atoms with Gasteiger partial charge in [0, 0.05) is 12.1 Å². The van der Waals surface area contributed by atoms with E-state index in [2.05, 4.69) is 48.6 Å². The van der Waals surface area contributed by atoms with Crippen LogP contribution in [0, 0.1) is 0 Å². The highest BCUT2D eigenvalue weighted by Crippen LogP contribution is 2.27. The number of hydrogen-bond donors (Lipinski definition) is 1. The van der Waals surface area contributed by atoms with Crippen LogP contribution in [0.3, 0.4) is 0 Å². The Kier molecular flexibility index (Phi) is 8.46. The third-order valence-electron chi connectivity index (χ3n) is 4.82. The third-order valence-corrected chi connectivity index (χ3v) is 4.82. The monoisotopic (exact) mass is 389 g/mol. The molecule has 0 heterocycles. The fourth-order valence-electron chi connectivity index (χ4n) is 3.17. The summed E-state index contributed by atoms with van der Waals surface area (Å²) in [5, 5.41) is 3.51. The molecule has 3 nitrogen and oxygen atoms in total. The molecule has 3 rings (SSSR count). The van der Waals surface area contributed by atoms with E-state index in [4.69, 9.17) is 9.47 Å². The maximum absolute atomic E-state index is 6.05. The van der Waals surface area contributed by atoms with Gasteiger partial charge in [-0.2, -0.15) is 0 Å². The molecule has 0 aliphatic rings. The van der Waals surface area contributed by atoms with Crippen molar-refractivity contribution in [1.82, 2.24) is 0 Å². The van der Waals surface area contributed by atoms with Crippen molar-refractivity contribution < 1.29 is 9.47 Å². The van der Waals surface area contributed by atoms with Gasteiger partial charge in [0.2, 0.25) is 0 Å². The zero-order valence-corrected chi connectivity index (χ0v) is 17.3. The number of nitrogens with one attached hydrogen (secondary N) is 1.